The maximum atomic E-state index is 13.4. The van der Waals surface area contributed by atoms with E-state index in [4.69, 9.17) is 23.7 Å². The molecule has 2 aromatic rings. The molecule has 2 N–H and O–H groups in total. The minimum absolute atomic E-state index is 0.00776. The number of amides is 3. The molecule has 1 aliphatic rings. The van der Waals surface area contributed by atoms with Crippen molar-refractivity contribution in [3.8, 4) is 11.1 Å². The molecule has 0 saturated heterocycles. The standard InChI is InChI=1S/C37H51N3O10/c1-3-28(41)25-48-23-21-46-19-15-38-35(43)13-17-40(18-14-36(44)39-16-20-47-22-24-49-26-29(42)4-2)37(45)50-27-34-32-11-7-5-9-30(32)31-10-6-8-12-33(31)34/h5-12,34H,3-4,13-27H2,1-2H3,(H,38,43)(H,39,44). The normalized spacial score (nSPS) is 11.8. The predicted octanol–water partition coefficient (Wildman–Crippen LogP) is 3.27. The molecule has 274 valence electrons. The summed E-state index contributed by atoms with van der Waals surface area (Å²) in [5.41, 5.74) is 4.39. The highest BCUT2D eigenvalue weighted by atomic mass is 16.6. The van der Waals surface area contributed by atoms with Crippen LogP contribution in [-0.2, 0) is 42.9 Å². The molecule has 0 atom stereocenters. The van der Waals surface area contributed by atoms with E-state index in [0.29, 0.717) is 26.1 Å². The second-order valence-corrected chi connectivity index (χ2v) is 11.6. The van der Waals surface area contributed by atoms with Crippen molar-refractivity contribution in [1.29, 1.82) is 0 Å². The van der Waals surface area contributed by atoms with Crippen molar-refractivity contribution in [2.45, 2.75) is 45.4 Å². The lowest BCUT2D eigenvalue weighted by Crippen LogP contribution is -2.39. The number of nitrogens with one attached hydrogen (secondary N) is 2. The smallest absolute Gasteiger partial charge is 0.409 e. The SMILES string of the molecule is CCC(=O)COCCOCCNC(=O)CCN(CCC(=O)NCCOCCOCC(=O)CC)C(=O)OCC1c2ccccc2-c2ccccc21. The molecule has 13 nitrogen and oxygen atoms in total. The van der Waals surface area contributed by atoms with Gasteiger partial charge in [0.25, 0.3) is 0 Å². The molecular weight excluding hydrogens is 646 g/mol. The van der Waals surface area contributed by atoms with Gasteiger partial charge in [0.05, 0.1) is 39.6 Å². The van der Waals surface area contributed by atoms with Gasteiger partial charge in [-0.3, -0.25) is 19.2 Å². The fraction of sp³-hybridized carbons (Fsp3) is 0.541. The average Bonchev–Trinajstić information content (AvgIpc) is 3.45. The fourth-order valence-corrected chi connectivity index (χ4v) is 5.17. The van der Waals surface area contributed by atoms with Gasteiger partial charge in [-0.05, 0) is 22.3 Å². The Labute approximate surface area is 294 Å². The van der Waals surface area contributed by atoms with Crippen LogP contribution in [0.25, 0.3) is 11.1 Å². The summed E-state index contributed by atoms with van der Waals surface area (Å²) in [5.74, 6) is -0.639. The highest BCUT2D eigenvalue weighted by molar-refractivity contribution is 5.81. The topological polar surface area (TPSA) is 159 Å². The van der Waals surface area contributed by atoms with Crippen molar-refractivity contribution >= 4 is 29.5 Å². The number of benzene rings is 2. The molecule has 0 heterocycles. The molecule has 50 heavy (non-hydrogen) atoms. The Morgan fingerprint density at radius 1 is 0.620 bits per heavy atom. The monoisotopic (exact) mass is 697 g/mol. The quantitative estimate of drug-likeness (QED) is 0.140. The molecule has 0 aliphatic heterocycles. The van der Waals surface area contributed by atoms with Gasteiger partial charge in [0, 0.05) is 57.8 Å². The Morgan fingerprint density at radius 2 is 1.06 bits per heavy atom. The second kappa shape index (κ2) is 23.3. The maximum Gasteiger partial charge on any atom is 0.409 e. The van der Waals surface area contributed by atoms with Crippen LogP contribution >= 0.6 is 0 Å². The van der Waals surface area contributed by atoms with Gasteiger partial charge in [-0.2, -0.15) is 0 Å². The lowest BCUT2D eigenvalue weighted by atomic mass is 9.98. The summed E-state index contributed by atoms with van der Waals surface area (Å²) in [6.07, 6.45) is 0.260. The first-order chi connectivity index (χ1) is 24.3. The lowest BCUT2D eigenvalue weighted by Gasteiger charge is -2.23. The molecule has 0 fully saturated rings. The fourth-order valence-electron chi connectivity index (χ4n) is 5.17. The van der Waals surface area contributed by atoms with Gasteiger partial charge in [0.15, 0.2) is 11.6 Å². The molecular formula is C37H51N3O10. The van der Waals surface area contributed by atoms with Crippen LogP contribution in [0.4, 0.5) is 4.79 Å². The summed E-state index contributed by atoms with van der Waals surface area (Å²) >= 11 is 0. The summed E-state index contributed by atoms with van der Waals surface area (Å²) < 4.78 is 27.1. The minimum atomic E-state index is -0.609. The lowest BCUT2D eigenvalue weighted by molar-refractivity contribution is -0.124. The maximum absolute atomic E-state index is 13.4. The zero-order valence-electron chi connectivity index (χ0n) is 29.2. The van der Waals surface area contributed by atoms with Crippen LogP contribution in [0.5, 0.6) is 0 Å². The number of rotatable bonds is 26. The molecule has 1 aliphatic carbocycles. The first-order valence-corrected chi connectivity index (χ1v) is 17.3. The molecule has 0 bridgehead atoms. The Morgan fingerprint density at radius 3 is 1.52 bits per heavy atom. The predicted molar refractivity (Wildman–Crippen MR) is 186 cm³/mol. The number of carbonyl (C=O) groups excluding carboxylic acids is 5. The zero-order valence-corrected chi connectivity index (χ0v) is 29.2. The Balaban J connectivity index is 1.45. The van der Waals surface area contributed by atoms with Gasteiger partial charge in [-0.25, -0.2) is 4.79 Å². The van der Waals surface area contributed by atoms with Gasteiger partial charge < -0.3 is 39.2 Å². The zero-order chi connectivity index (χ0) is 36.0. The number of fused-ring (bicyclic) bond motifs is 3. The average molecular weight is 698 g/mol. The van der Waals surface area contributed by atoms with E-state index >= 15 is 0 Å². The first kappa shape index (κ1) is 40.3. The number of carbonyl (C=O) groups is 5. The van der Waals surface area contributed by atoms with Gasteiger partial charge in [-0.15, -0.1) is 0 Å². The van der Waals surface area contributed by atoms with Crippen LogP contribution in [0, 0.1) is 0 Å². The Kier molecular flexibility index (Phi) is 18.7. The van der Waals surface area contributed by atoms with Crippen LogP contribution in [0.3, 0.4) is 0 Å². The van der Waals surface area contributed by atoms with Crippen molar-refractivity contribution < 1.29 is 47.7 Å². The third kappa shape index (κ3) is 14.4. The molecule has 3 amide bonds. The number of hydrogen-bond acceptors (Lipinski definition) is 10. The third-order valence-electron chi connectivity index (χ3n) is 8.01. The highest BCUT2D eigenvalue weighted by Crippen LogP contribution is 2.44. The van der Waals surface area contributed by atoms with Crippen molar-refractivity contribution in [3.05, 3.63) is 59.7 Å². The summed E-state index contributed by atoms with van der Waals surface area (Å²) in [6, 6.07) is 16.1. The number of ketones is 2. The van der Waals surface area contributed by atoms with E-state index in [1.165, 1.54) is 4.90 Å². The molecule has 0 spiro atoms. The molecule has 3 rings (SSSR count). The Hall–Kier alpha value is -4.17. The Bertz CT molecular complexity index is 1290. The minimum Gasteiger partial charge on any atom is -0.448 e. The molecule has 0 radical (unpaired) electrons. The second-order valence-electron chi connectivity index (χ2n) is 11.6. The van der Waals surface area contributed by atoms with E-state index < -0.39 is 6.09 Å². The molecule has 2 aromatic carbocycles. The van der Waals surface area contributed by atoms with Crippen molar-refractivity contribution in [1.82, 2.24) is 15.5 Å². The van der Waals surface area contributed by atoms with Crippen molar-refractivity contribution in [3.63, 3.8) is 0 Å². The highest BCUT2D eigenvalue weighted by Gasteiger charge is 2.30. The van der Waals surface area contributed by atoms with Crippen LogP contribution < -0.4 is 10.6 Å². The molecule has 0 saturated carbocycles. The van der Waals surface area contributed by atoms with E-state index in [-0.39, 0.29) is 115 Å². The van der Waals surface area contributed by atoms with E-state index in [9.17, 15) is 24.0 Å². The first-order valence-electron chi connectivity index (χ1n) is 17.3. The third-order valence-corrected chi connectivity index (χ3v) is 8.01. The van der Waals surface area contributed by atoms with Crippen molar-refractivity contribution in [2.24, 2.45) is 0 Å². The molecule has 13 heteroatoms. The number of hydrogen-bond donors (Lipinski definition) is 2. The van der Waals surface area contributed by atoms with Gasteiger partial charge in [0.1, 0.15) is 19.8 Å². The number of ether oxygens (including phenoxy) is 5. The van der Waals surface area contributed by atoms with Crippen LogP contribution in [-0.4, -0.2) is 120 Å². The molecule has 0 aromatic heterocycles. The van der Waals surface area contributed by atoms with Crippen LogP contribution in [0.2, 0.25) is 0 Å². The van der Waals surface area contributed by atoms with Crippen molar-refractivity contribution in [2.75, 3.05) is 85.6 Å². The van der Waals surface area contributed by atoms with Gasteiger partial charge >= 0.3 is 6.09 Å². The van der Waals surface area contributed by atoms with E-state index in [1.807, 2.05) is 36.4 Å². The summed E-state index contributed by atoms with van der Waals surface area (Å²) in [5, 5.41) is 5.53. The summed E-state index contributed by atoms with van der Waals surface area (Å²) in [7, 11) is 0. The van der Waals surface area contributed by atoms with Crippen LogP contribution in [0.15, 0.2) is 48.5 Å². The largest absolute Gasteiger partial charge is 0.448 e. The number of nitrogens with zero attached hydrogens (tertiary/aromatic N) is 1. The molecule has 0 unspecified atom stereocenters. The summed E-state index contributed by atoms with van der Waals surface area (Å²) in [6.45, 7) is 6.14. The number of Topliss-reactive ketones (excluding diaryl/α,β-unsaturated/α-hetero) is 2. The van der Waals surface area contributed by atoms with Gasteiger partial charge in [-0.1, -0.05) is 62.4 Å². The van der Waals surface area contributed by atoms with E-state index in [0.717, 1.165) is 22.3 Å². The van der Waals surface area contributed by atoms with Crippen LogP contribution in [0.1, 0.15) is 56.6 Å². The summed E-state index contributed by atoms with van der Waals surface area (Å²) in [4.78, 5) is 62.5. The van der Waals surface area contributed by atoms with E-state index in [2.05, 4.69) is 22.8 Å². The van der Waals surface area contributed by atoms with E-state index in [1.54, 1.807) is 13.8 Å². The van der Waals surface area contributed by atoms with Gasteiger partial charge in [0.2, 0.25) is 11.8 Å².